The van der Waals surface area contributed by atoms with E-state index in [1.807, 2.05) is 0 Å². The van der Waals surface area contributed by atoms with Crippen molar-refractivity contribution in [2.45, 2.75) is 26.1 Å². The molecule has 0 bridgehead atoms. The first-order chi connectivity index (χ1) is 13.9. The van der Waals surface area contributed by atoms with Crippen LogP contribution in [-0.4, -0.2) is 23.6 Å². The third kappa shape index (κ3) is 5.50. The van der Waals surface area contributed by atoms with Crippen LogP contribution in [0.1, 0.15) is 19.4 Å². The predicted octanol–water partition coefficient (Wildman–Crippen LogP) is 5.53. The van der Waals surface area contributed by atoms with E-state index >= 15 is 0 Å². The molecule has 0 aliphatic rings. The van der Waals surface area contributed by atoms with Crippen molar-refractivity contribution >= 4 is 23.3 Å². The molecule has 12 heteroatoms. The first kappa shape index (κ1) is 23.2. The Labute approximate surface area is 172 Å². The molecule has 0 aliphatic carbocycles. The first-order valence-electron chi connectivity index (χ1n) is 8.29. The van der Waals surface area contributed by atoms with Crippen molar-refractivity contribution in [2.75, 3.05) is 6.61 Å². The zero-order valence-electron chi connectivity index (χ0n) is 15.5. The Morgan fingerprint density at radius 1 is 1.27 bits per heavy atom. The Bertz CT molecular complexity index is 943. The van der Waals surface area contributed by atoms with Crippen molar-refractivity contribution in [3.63, 3.8) is 0 Å². The fourth-order valence-corrected chi connectivity index (χ4v) is 2.49. The van der Waals surface area contributed by atoms with Gasteiger partial charge in [0.05, 0.1) is 22.1 Å². The monoisotopic (exact) mass is 451 g/mol. The molecule has 30 heavy (non-hydrogen) atoms. The number of benzene rings is 2. The maximum Gasteiger partial charge on any atom is 0.416 e. The summed E-state index contributed by atoms with van der Waals surface area (Å²) in [5.41, 5.74) is -1.84. The quantitative estimate of drug-likeness (QED) is 0.238. The fourth-order valence-electron chi connectivity index (χ4n) is 2.24. The number of ether oxygens (including phenoxy) is 3. The minimum atomic E-state index is -4.82. The minimum Gasteiger partial charge on any atom is -0.472 e. The molecule has 0 radical (unpaired) electrons. The molecule has 0 saturated carbocycles. The maximum absolute atomic E-state index is 14.1. The molecule has 162 valence electrons. The van der Waals surface area contributed by atoms with Gasteiger partial charge >= 0.3 is 17.8 Å². The zero-order chi connectivity index (χ0) is 22.6. The lowest BCUT2D eigenvalue weighted by atomic mass is 10.2. The number of nitro benzene ring substituents is 1. The summed E-state index contributed by atoms with van der Waals surface area (Å²) in [4.78, 5) is 22.1. The summed E-state index contributed by atoms with van der Waals surface area (Å²) in [7, 11) is 0. The molecule has 1 unspecified atom stereocenters. The van der Waals surface area contributed by atoms with Gasteiger partial charge in [0.2, 0.25) is 5.75 Å². The lowest BCUT2D eigenvalue weighted by Crippen LogP contribution is -2.26. The van der Waals surface area contributed by atoms with Crippen molar-refractivity contribution in [1.29, 1.82) is 0 Å². The molecule has 0 aliphatic heterocycles. The van der Waals surface area contributed by atoms with Crippen LogP contribution in [0.15, 0.2) is 30.3 Å². The van der Waals surface area contributed by atoms with Gasteiger partial charge in [0.1, 0.15) is 5.75 Å². The van der Waals surface area contributed by atoms with Gasteiger partial charge in [0.25, 0.3) is 0 Å². The van der Waals surface area contributed by atoms with Gasteiger partial charge in [0, 0.05) is 12.1 Å². The second kappa shape index (κ2) is 9.16. The van der Waals surface area contributed by atoms with Crippen LogP contribution in [-0.2, 0) is 15.7 Å². The molecule has 0 N–H and O–H groups in total. The first-order valence-corrected chi connectivity index (χ1v) is 8.67. The van der Waals surface area contributed by atoms with E-state index in [0.717, 1.165) is 18.2 Å². The third-order valence-electron chi connectivity index (χ3n) is 3.60. The van der Waals surface area contributed by atoms with Crippen molar-refractivity contribution < 1.29 is 41.5 Å². The number of carbonyl (C=O) groups excluding carboxylic acids is 1. The highest BCUT2D eigenvalue weighted by Crippen LogP contribution is 2.40. The molecule has 0 fully saturated rings. The van der Waals surface area contributed by atoms with Gasteiger partial charge in [-0.25, -0.2) is 9.18 Å². The van der Waals surface area contributed by atoms with Crippen molar-refractivity contribution in [3.05, 3.63) is 56.8 Å². The summed E-state index contributed by atoms with van der Waals surface area (Å²) >= 11 is 5.71. The number of hydrogen-bond donors (Lipinski definition) is 0. The zero-order valence-corrected chi connectivity index (χ0v) is 16.2. The molecule has 7 nitrogen and oxygen atoms in total. The van der Waals surface area contributed by atoms with Crippen LogP contribution in [0, 0.1) is 15.9 Å². The van der Waals surface area contributed by atoms with E-state index in [9.17, 15) is 32.5 Å². The van der Waals surface area contributed by atoms with Crippen molar-refractivity contribution in [1.82, 2.24) is 0 Å². The Morgan fingerprint density at radius 2 is 1.93 bits per heavy atom. The van der Waals surface area contributed by atoms with Gasteiger partial charge in [-0.05, 0) is 32.0 Å². The number of alkyl halides is 3. The average Bonchev–Trinajstić information content (AvgIpc) is 2.63. The van der Waals surface area contributed by atoms with Gasteiger partial charge < -0.3 is 14.2 Å². The number of halogens is 5. The summed E-state index contributed by atoms with van der Waals surface area (Å²) < 4.78 is 67.5. The summed E-state index contributed by atoms with van der Waals surface area (Å²) in [5, 5.41) is 10.5. The SMILES string of the molecule is CCOC(=O)C(C)Oc1cc(Oc2c(F)cc(C(F)(F)F)cc2Cl)ccc1[N+](=O)[O-]. The van der Waals surface area contributed by atoms with Crippen LogP contribution in [0.5, 0.6) is 17.2 Å². The van der Waals surface area contributed by atoms with E-state index in [-0.39, 0.29) is 18.4 Å². The molecule has 2 rings (SSSR count). The van der Waals surface area contributed by atoms with E-state index in [1.54, 1.807) is 6.92 Å². The Morgan fingerprint density at radius 3 is 2.47 bits per heavy atom. The molecule has 0 amide bonds. The summed E-state index contributed by atoms with van der Waals surface area (Å²) in [6.45, 7) is 2.91. The van der Waals surface area contributed by atoms with E-state index in [4.69, 9.17) is 25.8 Å². The van der Waals surface area contributed by atoms with Crippen LogP contribution in [0.4, 0.5) is 23.2 Å². The standard InChI is InChI=1S/C18H14ClF4NO6/c1-3-28-17(25)9(2)29-15-8-11(4-5-14(15)24(26)27)30-16-12(19)6-10(7-13(16)20)18(21,22)23/h4-9H,3H2,1-2H3. The Hall–Kier alpha value is -3.08. The van der Waals surface area contributed by atoms with E-state index in [2.05, 4.69) is 0 Å². The van der Waals surface area contributed by atoms with Crippen molar-refractivity contribution in [3.8, 4) is 17.2 Å². The molecule has 0 saturated heterocycles. The van der Waals surface area contributed by atoms with E-state index in [1.165, 1.54) is 6.92 Å². The molecule has 0 aromatic heterocycles. The normalized spacial score (nSPS) is 12.2. The van der Waals surface area contributed by atoms with E-state index in [0.29, 0.717) is 6.07 Å². The highest BCUT2D eigenvalue weighted by molar-refractivity contribution is 6.32. The molecule has 2 aromatic carbocycles. The second-order valence-electron chi connectivity index (χ2n) is 5.77. The van der Waals surface area contributed by atoms with Crippen LogP contribution >= 0.6 is 11.6 Å². The highest BCUT2D eigenvalue weighted by Gasteiger charge is 2.33. The van der Waals surface area contributed by atoms with Gasteiger partial charge in [-0.15, -0.1) is 0 Å². The van der Waals surface area contributed by atoms with E-state index < -0.39 is 56.8 Å². The van der Waals surface area contributed by atoms with Crippen molar-refractivity contribution in [2.24, 2.45) is 0 Å². The topological polar surface area (TPSA) is 87.9 Å². The summed E-state index contributed by atoms with van der Waals surface area (Å²) in [5.74, 6) is -3.53. The minimum absolute atomic E-state index is 0.0590. The largest absolute Gasteiger partial charge is 0.472 e. The predicted molar refractivity (Wildman–Crippen MR) is 96.3 cm³/mol. The lowest BCUT2D eigenvalue weighted by Gasteiger charge is -2.15. The van der Waals surface area contributed by atoms with Crippen LogP contribution in [0.3, 0.4) is 0 Å². The number of rotatable bonds is 7. The Kier molecular flexibility index (Phi) is 7.08. The van der Waals surface area contributed by atoms with Crippen LogP contribution < -0.4 is 9.47 Å². The summed E-state index contributed by atoms with van der Waals surface area (Å²) in [6.07, 6.45) is -6.04. The molecule has 0 heterocycles. The fraction of sp³-hybridized carbons (Fsp3) is 0.278. The van der Waals surface area contributed by atoms with Gasteiger partial charge in [-0.1, -0.05) is 11.6 Å². The molecule has 1 atom stereocenters. The van der Waals surface area contributed by atoms with Crippen LogP contribution in [0.2, 0.25) is 5.02 Å². The summed E-state index contributed by atoms with van der Waals surface area (Å²) in [6, 6.07) is 3.67. The van der Waals surface area contributed by atoms with Gasteiger partial charge in [-0.2, -0.15) is 13.2 Å². The number of hydrogen-bond acceptors (Lipinski definition) is 6. The number of nitro groups is 1. The lowest BCUT2D eigenvalue weighted by molar-refractivity contribution is -0.386. The molecule has 0 spiro atoms. The molecule has 2 aromatic rings. The third-order valence-corrected chi connectivity index (χ3v) is 3.88. The highest BCUT2D eigenvalue weighted by atomic mass is 35.5. The second-order valence-corrected chi connectivity index (χ2v) is 6.17. The number of carbonyl (C=O) groups is 1. The van der Waals surface area contributed by atoms with Gasteiger partial charge in [-0.3, -0.25) is 10.1 Å². The molecular formula is C18H14ClF4NO6. The Balaban J connectivity index is 2.38. The van der Waals surface area contributed by atoms with Gasteiger partial charge in [0.15, 0.2) is 17.7 Å². The average molecular weight is 452 g/mol. The smallest absolute Gasteiger partial charge is 0.416 e. The number of nitrogens with zero attached hydrogens (tertiary/aromatic N) is 1. The van der Waals surface area contributed by atoms with Crippen LogP contribution in [0.25, 0.3) is 0 Å². The molecular weight excluding hydrogens is 438 g/mol. The maximum atomic E-state index is 14.1. The number of esters is 1.